The molecule has 1 fully saturated rings. The molecule has 38 heavy (non-hydrogen) atoms. The molecule has 16 heteroatoms. The summed E-state index contributed by atoms with van der Waals surface area (Å²) in [5, 5.41) is 47.3. The van der Waals surface area contributed by atoms with Crippen LogP contribution in [0, 0.1) is 0 Å². The van der Waals surface area contributed by atoms with Gasteiger partial charge in [0.2, 0.25) is 0 Å². The summed E-state index contributed by atoms with van der Waals surface area (Å²) in [6, 6.07) is 0. The van der Waals surface area contributed by atoms with Crippen LogP contribution >= 0.6 is 0 Å². The Morgan fingerprint density at radius 3 is 1.53 bits per heavy atom. The number of carbonyl (C=O) groups is 2. The first-order chi connectivity index (χ1) is 18.3. The standard InChI is InChI=1S/C22H40O16/c23-11-16(24)12-37-21(28)19(26)20(27)22(29)38-14-17(25)13-36-18-15-34-8-7-32-4-3-30-1-2-31-5-6-33-9-10-35-18/h16-20,23-27H,1-15H2. The van der Waals surface area contributed by atoms with Crippen molar-refractivity contribution in [3.63, 3.8) is 0 Å². The van der Waals surface area contributed by atoms with Crippen molar-refractivity contribution >= 4 is 11.9 Å². The molecular weight excluding hydrogens is 520 g/mol. The van der Waals surface area contributed by atoms with E-state index in [1.165, 1.54) is 0 Å². The van der Waals surface area contributed by atoms with Gasteiger partial charge < -0.3 is 68.2 Å². The molecule has 0 amide bonds. The number of hydrogen-bond donors (Lipinski definition) is 5. The Kier molecular flexibility index (Phi) is 20.2. The number of hydrogen-bond acceptors (Lipinski definition) is 16. The molecule has 224 valence electrons. The third-order valence-electron chi connectivity index (χ3n) is 4.58. The van der Waals surface area contributed by atoms with E-state index in [1.807, 2.05) is 0 Å². The summed E-state index contributed by atoms with van der Waals surface area (Å²) in [6.07, 6.45) is -8.23. The topological polar surface area (TPSA) is 218 Å². The number of aliphatic hydroxyl groups is 5. The van der Waals surface area contributed by atoms with Crippen molar-refractivity contribution in [2.45, 2.75) is 30.7 Å². The highest BCUT2D eigenvalue weighted by Crippen LogP contribution is 2.04. The maximum atomic E-state index is 11.9. The highest BCUT2D eigenvalue weighted by atomic mass is 16.7. The van der Waals surface area contributed by atoms with E-state index in [-0.39, 0.29) is 33.0 Å². The van der Waals surface area contributed by atoms with Gasteiger partial charge in [-0.1, -0.05) is 0 Å². The van der Waals surface area contributed by atoms with Gasteiger partial charge in [0, 0.05) is 0 Å². The minimum atomic E-state index is -2.31. The van der Waals surface area contributed by atoms with E-state index in [0.29, 0.717) is 46.2 Å². The molecule has 0 aromatic carbocycles. The van der Waals surface area contributed by atoms with Gasteiger partial charge in [-0.15, -0.1) is 0 Å². The molecule has 0 aromatic heterocycles. The Hall–Kier alpha value is -1.54. The molecule has 0 spiro atoms. The van der Waals surface area contributed by atoms with Crippen LogP contribution in [-0.2, 0) is 52.2 Å². The lowest BCUT2D eigenvalue weighted by atomic mass is 10.2. The van der Waals surface area contributed by atoms with Crippen molar-refractivity contribution in [2.24, 2.45) is 0 Å². The monoisotopic (exact) mass is 560 g/mol. The van der Waals surface area contributed by atoms with Gasteiger partial charge in [0.15, 0.2) is 18.5 Å². The van der Waals surface area contributed by atoms with Gasteiger partial charge in [0.1, 0.15) is 25.4 Å². The third kappa shape index (κ3) is 17.1. The van der Waals surface area contributed by atoms with Crippen LogP contribution in [0.4, 0.5) is 0 Å². The van der Waals surface area contributed by atoms with Crippen LogP contribution in [0.15, 0.2) is 0 Å². The van der Waals surface area contributed by atoms with Gasteiger partial charge in [-0.25, -0.2) is 9.59 Å². The fraction of sp³-hybridized carbons (Fsp3) is 0.909. The lowest BCUT2D eigenvalue weighted by molar-refractivity contribution is -0.196. The molecule has 1 heterocycles. The van der Waals surface area contributed by atoms with Gasteiger partial charge in [-0.2, -0.15) is 0 Å². The molecular formula is C22H40O16. The van der Waals surface area contributed by atoms with Crippen LogP contribution < -0.4 is 0 Å². The zero-order chi connectivity index (χ0) is 28.0. The van der Waals surface area contributed by atoms with Crippen molar-refractivity contribution in [1.29, 1.82) is 0 Å². The van der Waals surface area contributed by atoms with Crippen LogP contribution in [0.2, 0.25) is 0 Å². The normalized spacial score (nSPS) is 22.7. The maximum absolute atomic E-state index is 11.9. The second kappa shape index (κ2) is 22.3. The van der Waals surface area contributed by atoms with Crippen molar-refractivity contribution in [3.05, 3.63) is 0 Å². The van der Waals surface area contributed by atoms with Crippen LogP contribution in [0.1, 0.15) is 0 Å². The molecule has 1 aliphatic rings. The fourth-order valence-corrected chi connectivity index (χ4v) is 2.55. The first-order valence-electron chi connectivity index (χ1n) is 12.1. The summed E-state index contributed by atoms with van der Waals surface area (Å²) in [5.74, 6) is -2.82. The Morgan fingerprint density at radius 1 is 0.632 bits per heavy atom. The molecule has 5 N–H and O–H groups in total. The smallest absolute Gasteiger partial charge is 0.338 e. The highest BCUT2D eigenvalue weighted by molar-refractivity contribution is 5.85. The van der Waals surface area contributed by atoms with Crippen LogP contribution in [0.3, 0.4) is 0 Å². The Morgan fingerprint density at radius 2 is 1.05 bits per heavy atom. The lowest BCUT2D eigenvalue weighted by Gasteiger charge is -2.21. The predicted molar refractivity (Wildman–Crippen MR) is 123 cm³/mol. The quantitative estimate of drug-likeness (QED) is 0.152. The average molecular weight is 561 g/mol. The predicted octanol–water partition coefficient (Wildman–Crippen LogP) is -4.04. The third-order valence-corrected chi connectivity index (χ3v) is 4.58. The summed E-state index contributed by atoms with van der Waals surface area (Å²) in [6.45, 7) is 1.15. The van der Waals surface area contributed by atoms with Gasteiger partial charge in [-0.3, -0.25) is 0 Å². The average Bonchev–Trinajstić information content (AvgIpc) is 2.92. The van der Waals surface area contributed by atoms with E-state index < -0.39 is 62.5 Å². The minimum absolute atomic E-state index is 0.00742. The van der Waals surface area contributed by atoms with Crippen molar-refractivity contribution in [2.75, 3.05) is 99.1 Å². The number of rotatable bonds is 11. The molecule has 16 nitrogen and oxygen atoms in total. The molecule has 0 saturated carbocycles. The Labute approximate surface area is 220 Å². The SMILES string of the molecule is O=C(OCC(O)CO)C(O)C(O)C(=O)OCC(O)COC1COCCOCCOCCOCCOCCO1. The molecule has 1 aliphatic heterocycles. The van der Waals surface area contributed by atoms with Crippen LogP contribution in [-0.4, -0.2) is 167 Å². The number of aliphatic hydroxyl groups excluding tert-OH is 5. The molecule has 1 saturated heterocycles. The first-order valence-corrected chi connectivity index (χ1v) is 12.1. The molecule has 5 unspecified atom stereocenters. The van der Waals surface area contributed by atoms with Crippen molar-refractivity contribution in [1.82, 2.24) is 0 Å². The van der Waals surface area contributed by atoms with Crippen molar-refractivity contribution in [3.8, 4) is 0 Å². The summed E-state index contributed by atoms with van der Waals surface area (Å²) >= 11 is 0. The summed E-state index contributed by atoms with van der Waals surface area (Å²) in [4.78, 5) is 23.5. The van der Waals surface area contributed by atoms with Gasteiger partial charge >= 0.3 is 11.9 Å². The highest BCUT2D eigenvalue weighted by Gasteiger charge is 2.33. The zero-order valence-electron chi connectivity index (χ0n) is 21.2. The maximum Gasteiger partial charge on any atom is 0.338 e. The molecule has 0 bridgehead atoms. The van der Waals surface area contributed by atoms with Crippen LogP contribution in [0.25, 0.3) is 0 Å². The van der Waals surface area contributed by atoms with E-state index in [2.05, 4.69) is 4.74 Å². The number of carbonyl (C=O) groups excluding carboxylic acids is 2. The Balaban J connectivity index is 2.38. The van der Waals surface area contributed by atoms with Crippen LogP contribution in [0.5, 0.6) is 0 Å². The summed E-state index contributed by atoms with van der Waals surface area (Å²) in [7, 11) is 0. The fourth-order valence-electron chi connectivity index (χ4n) is 2.55. The largest absolute Gasteiger partial charge is 0.461 e. The lowest BCUT2D eigenvalue weighted by Crippen LogP contribution is -2.43. The second-order valence-corrected chi connectivity index (χ2v) is 7.80. The minimum Gasteiger partial charge on any atom is -0.461 e. The summed E-state index contributed by atoms with van der Waals surface area (Å²) < 4.78 is 47.1. The number of ether oxygens (including phenoxy) is 9. The van der Waals surface area contributed by atoms with E-state index >= 15 is 0 Å². The zero-order valence-corrected chi connectivity index (χ0v) is 21.2. The van der Waals surface area contributed by atoms with E-state index in [4.69, 9.17) is 48.1 Å². The molecule has 0 radical (unpaired) electrons. The molecule has 1 rings (SSSR count). The van der Waals surface area contributed by atoms with E-state index in [0.717, 1.165) is 0 Å². The van der Waals surface area contributed by atoms with Gasteiger partial charge in [-0.05, 0) is 0 Å². The molecule has 0 aliphatic carbocycles. The molecule has 5 atom stereocenters. The van der Waals surface area contributed by atoms with E-state index in [9.17, 15) is 24.9 Å². The first kappa shape index (κ1) is 34.5. The van der Waals surface area contributed by atoms with Gasteiger partial charge in [0.25, 0.3) is 0 Å². The second-order valence-electron chi connectivity index (χ2n) is 7.80. The Bertz CT molecular complexity index is 590. The van der Waals surface area contributed by atoms with Gasteiger partial charge in [0.05, 0.1) is 85.9 Å². The number of esters is 2. The molecule has 0 aromatic rings. The van der Waals surface area contributed by atoms with E-state index in [1.54, 1.807) is 0 Å². The summed E-state index contributed by atoms with van der Waals surface area (Å²) in [5.41, 5.74) is 0. The van der Waals surface area contributed by atoms with Crippen molar-refractivity contribution < 1.29 is 77.8 Å².